The van der Waals surface area contributed by atoms with Gasteiger partial charge in [-0.2, -0.15) is 0 Å². The Morgan fingerprint density at radius 3 is 2.89 bits per heavy atom. The van der Waals surface area contributed by atoms with Crippen molar-refractivity contribution in [1.29, 1.82) is 0 Å². The maximum atomic E-state index is 12.0. The van der Waals surface area contributed by atoms with E-state index in [4.69, 9.17) is 4.74 Å². The molecule has 4 nitrogen and oxygen atoms in total. The molecule has 1 aliphatic carbocycles. The maximum absolute atomic E-state index is 12.0. The van der Waals surface area contributed by atoms with Crippen LogP contribution in [0.2, 0.25) is 0 Å². The normalized spacial score (nSPS) is 25.0. The van der Waals surface area contributed by atoms with Gasteiger partial charge in [0.1, 0.15) is 0 Å². The monoisotopic (exact) mass is 259 g/mol. The number of hydrogen-bond donors (Lipinski definition) is 1. The number of methoxy groups -OCH3 is 1. The van der Waals surface area contributed by atoms with Gasteiger partial charge in [-0.15, -0.1) is 0 Å². The number of nitrogens with one attached hydrogen (secondary N) is 1. The van der Waals surface area contributed by atoms with E-state index in [1.54, 1.807) is 6.07 Å². The Labute approximate surface area is 112 Å². The third-order valence-electron chi connectivity index (χ3n) is 4.43. The molecule has 0 aromatic heterocycles. The Hall–Kier alpha value is -1.84. The van der Waals surface area contributed by atoms with Crippen molar-refractivity contribution in [3.8, 4) is 0 Å². The molecule has 0 radical (unpaired) electrons. The highest BCUT2D eigenvalue weighted by atomic mass is 16.5. The summed E-state index contributed by atoms with van der Waals surface area (Å²) in [5, 5.41) is 2.93. The smallest absolute Gasteiger partial charge is 0.338 e. The minimum absolute atomic E-state index is 0.168. The number of carbonyl (C=O) groups is 2. The van der Waals surface area contributed by atoms with Crippen molar-refractivity contribution in [2.45, 2.75) is 25.7 Å². The van der Waals surface area contributed by atoms with E-state index in [9.17, 15) is 9.59 Å². The summed E-state index contributed by atoms with van der Waals surface area (Å²) in [4.78, 5) is 23.8. The highest BCUT2D eigenvalue weighted by Crippen LogP contribution is 2.41. The third kappa shape index (κ3) is 1.82. The third-order valence-corrected chi connectivity index (χ3v) is 4.43. The van der Waals surface area contributed by atoms with E-state index in [1.165, 1.54) is 7.11 Å². The van der Waals surface area contributed by atoms with Crippen LogP contribution in [0, 0.1) is 5.41 Å². The standard InChI is InChI=1S/C15H17NO3/c1-19-13(17)12-4-2-3-10-9-15(6-5-11(10)12)7-8-16-14(15)18/h2-4H,5-9H2,1H3,(H,16,18). The molecule has 0 saturated carbocycles. The number of esters is 1. The van der Waals surface area contributed by atoms with Gasteiger partial charge >= 0.3 is 5.97 Å². The first-order valence-electron chi connectivity index (χ1n) is 6.64. The van der Waals surface area contributed by atoms with Crippen LogP contribution in [0.25, 0.3) is 0 Å². The molecule has 1 heterocycles. The Balaban J connectivity index is 1.99. The highest BCUT2D eigenvalue weighted by molar-refractivity contribution is 5.92. The summed E-state index contributed by atoms with van der Waals surface area (Å²) >= 11 is 0. The van der Waals surface area contributed by atoms with E-state index in [0.717, 1.165) is 43.4 Å². The average molecular weight is 259 g/mol. The number of ether oxygens (including phenoxy) is 1. The fraction of sp³-hybridized carbons (Fsp3) is 0.467. The van der Waals surface area contributed by atoms with Gasteiger partial charge in [-0.3, -0.25) is 4.79 Å². The van der Waals surface area contributed by atoms with Crippen molar-refractivity contribution in [2.75, 3.05) is 13.7 Å². The lowest BCUT2D eigenvalue weighted by atomic mass is 9.70. The number of carbonyl (C=O) groups excluding carboxylic acids is 2. The van der Waals surface area contributed by atoms with Gasteiger partial charge in [0, 0.05) is 6.54 Å². The molecule has 1 aromatic carbocycles. The molecule has 1 N–H and O–H groups in total. The van der Waals surface area contributed by atoms with Crippen LogP contribution in [0.4, 0.5) is 0 Å². The Morgan fingerprint density at radius 2 is 2.21 bits per heavy atom. The van der Waals surface area contributed by atoms with Gasteiger partial charge in [-0.05, 0) is 42.9 Å². The van der Waals surface area contributed by atoms with Crippen molar-refractivity contribution in [1.82, 2.24) is 5.32 Å². The highest BCUT2D eigenvalue weighted by Gasteiger charge is 2.44. The Bertz CT molecular complexity index is 552. The van der Waals surface area contributed by atoms with Crippen molar-refractivity contribution in [3.05, 3.63) is 34.9 Å². The van der Waals surface area contributed by atoms with Gasteiger partial charge in [-0.1, -0.05) is 12.1 Å². The van der Waals surface area contributed by atoms with Gasteiger partial charge in [-0.25, -0.2) is 4.79 Å². The lowest BCUT2D eigenvalue weighted by Gasteiger charge is -2.32. The van der Waals surface area contributed by atoms with Crippen LogP contribution in [0.15, 0.2) is 18.2 Å². The molecular formula is C15H17NO3. The van der Waals surface area contributed by atoms with Crippen molar-refractivity contribution < 1.29 is 14.3 Å². The summed E-state index contributed by atoms with van der Waals surface area (Å²) in [6, 6.07) is 5.70. The summed E-state index contributed by atoms with van der Waals surface area (Å²) in [5.41, 5.74) is 2.57. The second-order valence-electron chi connectivity index (χ2n) is 5.40. The minimum atomic E-state index is -0.288. The van der Waals surface area contributed by atoms with E-state index >= 15 is 0 Å². The molecule has 1 amide bonds. The molecule has 1 saturated heterocycles. The summed E-state index contributed by atoms with van der Waals surface area (Å²) in [6.07, 6.45) is 3.22. The largest absolute Gasteiger partial charge is 0.465 e. The lowest BCUT2D eigenvalue weighted by molar-refractivity contribution is -0.128. The van der Waals surface area contributed by atoms with Crippen LogP contribution in [-0.2, 0) is 22.4 Å². The van der Waals surface area contributed by atoms with E-state index in [1.807, 2.05) is 12.1 Å². The van der Waals surface area contributed by atoms with Gasteiger partial charge in [0.05, 0.1) is 18.1 Å². The fourth-order valence-corrected chi connectivity index (χ4v) is 3.34. The second-order valence-corrected chi connectivity index (χ2v) is 5.40. The number of hydrogen-bond acceptors (Lipinski definition) is 3. The van der Waals surface area contributed by atoms with Crippen LogP contribution in [0.5, 0.6) is 0 Å². The quantitative estimate of drug-likeness (QED) is 0.777. The average Bonchev–Trinajstić information content (AvgIpc) is 2.78. The number of fused-ring (bicyclic) bond motifs is 1. The van der Waals surface area contributed by atoms with Crippen LogP contribution in [0.3, 0.4) is 0 Å². The number of benzene rings is 1. The zero-order valence-electron chi connectivity index (χ0n) is 11.0. The first-order valence-corrected chi connectivity index (χ1v) is 6.64. The minimum Gasteiger partial charge on any atom is -0.465 e. The molecule has 1 fully saturated rings. The van der Waals surface area contributed by atoms with Crippen LogP contribution >= 0.6 is 0 Å². The molecule has 1 unspecified atom stereocenters. The lowest BCUT2D eigenvalue weighted by Crippen LogP contribution is -2.37. The predicted octanol–water partition coefficient (Wildman–Crippen LogP) is 1.47. The van der Waals surface area contributed by atoms with E-state index < -0.39 is 0 Å². The zero-order chi connectivity index (χ0) is 13.5. The molecule has 19 heavy (non-hydrogen) atoms. The van der Waals surface area contributed by atoms with Crippen molar-refractivity contribution in [2.24, 2.45) is 5.41 Å². The van der Waals surface area contributed by atoms with E-state index in [-0.39, 0.29) is 17.3 Å². The van der Waals surface area contributed by atoms with Gasteiger partial charge < -0.3 is 10.1 Å². The van der Waals surface area contributed by atoms with Crippen molar-refractivity contribution in [3.63, 3.8) is 0 Å². The maximum Gasteiger partial charge on any atom is 0.338 e. The fourth-order valence-electron chi connectivity index (χ4n) is 3.34. The molecule has 4 heteroatoms. The topological polar surface area (TPSA) is 55.4 Å². The van der Waals surface area contributed by atoms with Gasteiger partial charge in [0.25, 0.3) is 0 Å². The van der Waals surface area contributed by atoms with Crippen molar-refractivity contribution >= 4 is 11.9 Å². The first-order chi connectivity index (χ1) is 9.16. The predicted molar refractivity (Wildman–Crippen MR) is 69.9 cm³/mol. The van der Waals surface area contributed by atoms with Crippen LogP contribution in [-0.4, -0.2) is 25.5 Å². The molecule has 1 aliphatic heterocycles. The molecule has 1 aromatic rings. The second kappa shape index (κ2) is 4.37. The van der Waals surface area contributed by atoms with E-state index in [2.05, 4.69) is 5.32 Å². The van der Waals surface area contributed by atoms with Crippen LogP contribution < -0.4 is 5.32 Å². The molecule has 100 valence electrons. The van der Waals surface area contributed by atoms with Gasteiger partial charge in [0.2, 0.25) is 5.91 Å². The first kappa shape index (κ1) is 12.2. The summed E-state index contributed by atoms with van der Waals surface area (Å²) in [7, 11) is 1.40. The molecule has 2 aliphatic rings. The Morgan fingerprint density at radius 1 is 1.37 bits per heavy atom. The number of rotatable bonds is 1. The molecular weight excluding hydrogens is 242 g/mol. The molecule has 1 atom stereocenters. The Kier molecular flexibility index (Phi) is 2.81. The SMILES string of the molecule is COC(=O)c1cccc2c1CCC1(CCNC1=O)C2. The van der Waals surface area contributed by atoms with Crippen LogP contribution in [0.1, 0.15) is 34.3 Å². The summed E-state index contributed by atoms with van der Waals surface area (Å²) in [5.74, 6) is -0.120. The molecule has 3 rings (SSSR count). The summed E-state index contributed by atoms with van der Waals surface area (Å²) in [6.45, 7) is 0.769. The summed E-state index contributed by atoms with van der Waals surface area (Å²) < 4.78 is 4.82. The zero-order valence-corrected chi connectivity index (χ0v) is 11.0. The number of amides is 1. The van der Waals surface area contributed by atoms with Gasteiger partial charge in [0.15, 0.2) is 0 Å². The van der Waals surface area contributed by atoms with E-state index in [0.29, 0.717) is 5.56 Å². The molecule has 1 spiro atoms. The molecule has 0 bridgehead atoms.